The summed E-state index contributed by atoms with van der Waals surface area (Å²) >= 11 is 12.2. The molecule has 5 nitrogen and oxygen atoms in total. The molecule has 2 aromatic rings. The van der Waals surface area contributed by atoms with E-state index in [0.717, 1.165) is 17.7 Å². The van der Waals surface area contributed by atoms with Crippen molar-refractivity contribution in [3.05, 3.63) is 39.6 Å². The highest BCUT2D eigenvalue weighted by molar-refractivity contribution is 6.43. The molecule has 2 heterocycles. The van der Waals surface area contributed by atoms with Crippen LogP contribution in [-0.4, -0.2) is 21.6 Å². The van der Waals surface area contributed by atoms with Crippen LogP contribution in [0.3, 0.4) is 0 Å². The number of halogens is 2. The molecule has 1 N–H and O–H groups in total. The first-order valence-corrected chi connectivity index (χ1v) is 7.10. The number of nitrogens with one attached hydrogen (secondary N) is 1. The van der Waals surface area contributed by atoms with Crippen molar-refractivity contribution in [2.75, 3.05) is 6.61 Å². The van der Waals surface area contributed by atoms with Crippen molar-refractivity contribution in [2.24, 2.45) is 7.05 Å². The van der Waals surface area contributed by atoms with Gasteiger partial charge in [0, 0.05) is 31.6 Å². The molecule has 7 heteroatoms. The van der Waals surface area contributed by atoms with E-state index in [9.17, 15) is 0 Å². The smallest absolute Gasteiger partial charge is 0.144 e. The van der Waals surface area contributed by atoms with Crippen molar-refractivity contribution in [1.29, 1.82) is 0 Å². The van der Waals surface area contributed by atoms with Crippen LogP contribution in [0.4, 0.5) is 0 Å². The first kappa shape index (κ1) is 13.7. The van der Waals surface area contributed by atoms with E-state index in [1.165, 1.54) is 0 Å². The molecule has 1 aliphatic heterocycles. The fourth-order valence-corrected chi connectivity index (χ4v) is 2.69. The Hall–Kier alpha value is -1.30. The maximum atomic E-state index is 6.19. The van der Waals surface area contributed by atoms with Gasteiger partial charge in [0.25, 0.3) is 0 Å². The van der Waals surface area contributed by atoms with Crippen LogP contribution in [0.1, 0.15) is 23.7 Å². The lowest BCUT2D eigenvalue weighted by molar-refractivity contribution is 0.252. The maximum Gasteiger partial charge on any atom is 0.144 e. The third kappa shape index (κ3) is 2.49. The summed E-state index contributed by atoms with van der Waals surface area (Å²) in [5.41, 5.74) is 2.07. The van der Waals surface area contributed by atoms with Gasteiger partial charge in [-0.25, -0.2) is 0 Å². The number of ether oxygens (including phenoxy) is 1. The summed E-state index contributed by atoms with van der Waals surface area (Å²) in [6.07, 6.45) is 2.64. The van der Waals surface area contributed by atoms with Gasteiger partial charge >= 0.3 is 0 Å². The fourth-order valence-electron chi connectivity index (χ4n) is 2.31. The predicted octanol–water partition coefficient (Wildman–Crippen LogP) is 2.74. The summed E-state index contributed by atoms with van der Waals surface area (Å²) < 4.78 is 7.39. The Morgan fingerprint density at radius 1 is 1.45 bits per heavy atom. The van der Waals surface area contributed by atoms with Gasteiger partial charge in [-0.3, -0.25) is 4.68 Å². The molecule has 3 rings (SSSR count). The van der Waals surface area contributed by atoms with Gasteiger partial charge in [0.1, 0.15) is 10.8 Å². The Balaban J connectivity index is 1.80. The zero-order valence-corrected chi connectivity index (χ0v) is 12.4. The second-order valence-corrected chi connectivity index (χ2v) is 5.48. The van der Waals surface area contributed by atoms with E-state index >= 15 is 0 Å². The summed E-state index contributed by atoms with van der Waals surface area (Å²) in [6.45, 7) is 1.31. The van der Waals surface area contributed by atoms with Crippen LogP contribution in [0.2, 0.25) is 10.0 Å². The average Bonchev–Trinajstić information content (AvgIpc) is 2.86. The molecule has 1 unspecified atom stereocenters. The average molecular weight is 313 g/mol. The molecular weight excluding hydrogens is 299 g/mol. The minimum atomic E-state index is 0.184. The zero-order chi connectivity index (χ0) is 14.1. The third-order valence-corrected chi connectivity index (χ3v) is 4.23. The van der Waals surface area contributed by atoms with Crippen LogP contribution in [0.25, 0.3) is 0 Å². The molecular formula is C13H14Cl2N4O. The first-order valence-electron chi connectivity index (χ1n) is 6.34. The Morgan fingerprint density at radius 2 is 2.30 bits per heavy atom. The van der Waals surface area contributed by atoms with Crippen LogP contribution < -0.4 is 10.1 Å². The predicted molar refractivity (Wildman–Crippen MR) is 77.2 cm³/mol. The quantitative estimate of drug-likeness (QED) is 0.947. The van der Waals surface area contributed by atoms with Crippen LogP contribution in [0.5, 0.6) is 5.75 Å². The summed E-state index contributed by atoms with van der Waals surface area (Å²) in [6, 6.07) is 3.95. The fraction of sp³-hybridized carbons (Fsp3) is 0.385. The van der Waals surface area contributed by atoms with Crippen molar-refractivity contribution < 1.29 is 4.74 Å². The zero-order valence-electron chi connectivity index (χ0n) is 10.9. The van der Waals surface area contributed by atoms with Gasteiger partial charge in [0.05, 0.1) is 23.5 Å². The van der Waals surface area contributed by atoms with Crippen molar-refractivity contribution in [1.82, 2.24) is 20.3 Å². The number of aromatic nitrogens is 3. The number of aryl methyl sites for hydroxylation is 1. The number of rotatable bonds is 3. The minimum Gasteiger partial charge on any atom is -0.492 e. The Kier molecular flexibility index (Phi) is 3.83. The lowest BCUT2D eigenvalue weighted by Gasteiger charge is -2.27. The topological polar surface area (TPSA) is 52.0 Å². The number of nitrogens with zero attached hydrogens (tertiary/aromatic N) is 3. The minimum absolute atomic E-state index is 0.184. The summed E-state index contributed by atoms with van der Waals surface area (Å²) in [4.78, 5) is 0. The monoisotopic (exact) mass is 312 g/mol. The van der Waals surface area contributed by atoms with Crippen molar-refractivity contribution in [3.8, 4) is 5.75 Å². The van der Waals surface area contributed by atoms with E-state index in [1.807, 2.05) is 13.1 Å². The molecule has 0 saturated heterocycles. The van der Waals surface area contributed by atoms with E-state index in [0.29, 0.717) is 28.9 Å². The van der Waals surface area contributed by atoms with Crippen molar-refractivity contribution in [3.63, 3.8) is 0 Å². The largest absolute Gasteiger partial charge is 0.492 e. The molecule has 106 valence electrons. The Labute approximate surface area is 126 Å². The van der Waals surface area contributed by atoms with E-state index in [4.69, 9.17) is 27.9 Å². The van der Waals surface area contributed by atoms with Crippen molar-refractivity contribution in [2.45, 2.75) is 19.0 Å². The van der Waals surface area contributed by atoms with Crippen molar-refractivity contribution >= 4 is 23.2 Å². The lowest BCUT2D eigenvalue weighted by Crippen LogP contribution is -2.27. The van der Waals surface area contributed by atoms with Gasteiger partial charge in [-0.15, -0.1) is 5.10 Å². The first-order chi connectivity index (χ1) is 9.66. The number of benzene rings is 1. The SMILES string of the molecule is Cn1nncc1CNC1CCOc2c1ccc(Cl)c2Cl. The van der Waals surface area contributed by atoms with Crippen LogP contribution in [-0.2, 0) is 13.6 Å². The second-order valence-electron chi connectivity index (χ2n) is 4.70. The van der Waals surface area contributed by atoms with E-state index in [-0.39, 0.29) is 6.04 Å². The molecule has 0 amide bonds. The van der Waals surface area contributed by atoms with Gasteiger partial charge in [-0.05, 0) is 6.07 Å². The molecule has 1 aromatic carbocycles. The number of hydrogen-bond acceptors (Lipinski definition) is 4. The number of fused-ring (bicyclic) bond motifs is 1. The van der Waals surface area contributed by atoms with Crippen LogP contribution >= 0.6 is 23.2 Å². The molecule has 0 saturated carbocycles. The van der Waals surface area contributed by atoms with E-state index in [2.05, 4.69) is 15.6 Å². The molecule has 0 bridgehead atoms. The van der Waals surface area contributed by atoms with Crippen LogP contribution in [0, 0.1) is 0 Å². The molecule has 1 aliphatic rings. The van der Waals surface area contributed by atoms with Gasteiger partial charge in [-0.1, -0.05) is 34.5 Å². The molecule has 1 atom stereocenters. The van der Waals surface area contributed by atoms with Gasteiger partial charge < -0.3 is 10.1 Å². The van der Waals surface area contributed by atoms with Gasteiger partial charge in [0.2, 0.25) is 0 Å². The molecule has 0 fully saturated rings. The number of hydrogen-bond donors (Lipinski definition) is 1. The van der Waals surface area contributed by atoms with E-state index < -0.39 is 0 Å². The Bertz CT molecular complexity index is 629. The highest BCUT2D eigenvalue weighted by atomic mass is 35.5. The summed E-state index contributed by atoms with van der Waals surface area (Å²) in [5.74, 6) is 0.686. The summed E-state index contributed by atoms with van der Waals surface area (Å²) in [5, 5.41) is 12.3. The maximum absolute atomic E-state index is 6.19. The van der Waals surface area contributed by atoms with Crippen LogP contribution in [0.15, 0.2) is 18.3 Å². The molecule has 1 aromatic heterocycles. The second kappa shape index (κ2) is 5.60. The van der Waals surface area contributed by atoms with Gasteiger partial charge in [0.15, 0.2) is 0 Å². The normalized spacial score (nSPS) is 17.6. The Morgan fingerprint density at radius 3 is 3.05 bits per heavy atom. The van der Waals surface area contributed by atoms with Gasteiger partial charge in [-0.2, -0.15) is 0 Å². The standard InChI is InChI=1S/C13H14Cl2N4O/c1-19-8(7-17-18-19)6-16-11-4-5-20-13-9(11)2-3-10(14)12(13)15/h2-3,7,11,16H,4-6H2,1H3. The highest BCUT2D eigenvalue weighted by Crippen LogP contribution is 2.41. The molecule has 20 heavy (non-hydrogen) atoms. The lowest BCUT2D eigenvalue weighted by atomic mass is 10.0. The molecule has 0 spiro atoms. The summed E-state index contributed by atoms with van der Waals surface area (Å²) in [7, 11) is 1.87. The third-order valence-electron chi connectivity index (χ3n) is 3.45. The highest BCUT2D eigenvalue weighted by Gasteiger charge is 2.24. The molecule has 0 radical (unpaired) electrons. The molecule has 0 aliphatic carbocycles. The van der Waals surface area contributed by atoms with E-state index in [1.54, 1.807) is 16.9 Å².